The van der Waals surface area contributed by atoms with Gasteiger partial charge >= 0.3 is 6.09 Å². The maximum absolute atomic E-state index is 13.0. The smallest absolute Gasteiger partial charge is 0.402 e. The number of ketones is 1. The van der Waals surface area contributed by atoms with Crippen LogP contribution in [0.15, 0.2) is 54.6 Å². The number of amides is 1. The number of nitrogens with zero attached hydrogens (tertiary/aromatic N) is 1. The molecule has 6 heteroatoms. The van der Waals surface area contributed by atoms with Crippen molar-refractivity contribution in [1.82, 2.24) is 4.90 Å². The van der Waals surface area contributed by atoms with Crippen LogP contribution in [-0.2, 0) is 0 Å². The summed E-state index contributed by atoms with van der Waals surface area (Å²) in [6.07, 6.45) is 1.57. The largest absolute Gasteiger partial charge is 0.465 e. The van der Waals surface area contributed by atoms with Gasteiger partial charge in [0, 0.05) is 18.0 Å². The Morgan fingerprint density at radius 2 is 1.66 bits per heavy atom. The first-order valence-corrected chi connectivity index (χ1v) is 9.96. The number of nitrogens with two attached hydrogens (primary N) is 1. The van der Waals surface area contributed by atoms with Gasteiger partial charge in [-0.05, 0) is 68.1 Å². The first-order chi connectivity index (χ1) is 13.9. The molecular formula is C23H29FN2O3. The van der Waals surface area contributed by atoms with Crippen LogP contribution in [0.5, 0.6) is 0 Å². The van der Waals surface area contributed by atoms with E-state index < -0.39 is 6.09 Å². The van der Waals surface area contributed by atoms with Gasteiger partial charge in [0.2, 0.25) is 0 Å². The Bertz CT molecular complexity index is 768. The van der Waals surface area contributed by atoms with E-state index in [4.69, 9.17) is 9.90 Å². The second-order valence-electron chi connectivity index (χ2n) is 7.30. The Labute approximate surface area is 171 Å². The maximum atomic E-state index is 13.0. The van der Waals surface area contributed by atoms with Crippen molar-refractivity contribution in [2.75, 3.05) is 19.6 Å². The molecular weight excluding hydrogens is 371 g/mol. The predicted molar refractivity (Wildman–Crippen MR) is 112 cm³/mol. The monoisotopic (exact) mass is 400 g/mol. The molecule has 29 heavy (non-hydrogen) atoms. The van der Waals surface area contributed by atoms with E-state index in [1.54, 1.807) is 12.1 Å². The number of carboxylic acid groups (broad SMARTS) is 1. The van der Waals surface area contributed by atoms with Crippen LogP contribution >= 0.6 is 0 Å². The average molecular weight is 400 g/mol. The van der Waals surface area contributed by atoms with Crippen molar-refractivity contribution in [3.8, 4) is 0 Å². The molecule has 3 N–H and O–H groups in total. The Hall–Kier alpha value is -2.73. The molecule has 0 bridgehead atoms. The number of rotatable bonds is 6. The first-order valence-electron chi connectivity index (χ1n) is 9.96. The molecule has 156 valence electrons. The van der Waals surface area contributed by atoms with Crippen molar-refractivity contribution in [1.29, 1.82) is 0 Å². The summed E-state index contributed by atoms with van der Waals surface area (Å²) in [5.41, 5.74) is 6.06. The predicted octanol–water partition coefficient (Wildman–Crippen LogP) is 4.54. The zero-order valence-corrected chi connectivity index (χ0v) is 16.8. The molecule has 2 aromatic rings. The highest BCUT2D eigenvalue weighted by molar-refractivity contribution is 5.97. The third kappa shape index (κ3) is 7.31. The molecule has 0 aromatic heterocycles. The van der Waals surface area contributed by atoms with Crippen LogP contribution in [0.3, 0.4) is 0 Å². The van der Waals surface area contributed by atoms with Crippen molar-refractivity contribution < 1.29 is 19.1 Å². The summed E-state index contributed by atoms with van der Waals surface area (Å²) in [6, 6.07) is 16.6. The Morgan fingerprint density at radius 1 is 1.10 bits per heavy atom. The van der Waals surface area contributed by atoms with Gasteiger partial charge in [-0.15, -0.1) is 0 Å². The van der Waals surface area contributed by atoms with Gasteiger partial charge in [0.05, 0.1) is 0 Å². The fourth-order valence-electron chi connectivity index (χ4n) is 3.73. The summed E-state index contributed by atoms with van der Waals surface area (Å²) in [5, 5.41) is 7.19. The topological polar surface area (TPSA) is 83.6 Å². The van der Waals surface area contributed by atoms with Gasteiger partial charge in [-0.2, -0.15) is 0 Å². The lowest BCUT2D eigenvalue weighted by Crippen LogP contribution is -2.38. The summed E-state index contributed by atoms with van der Waals surface area (Å²) >= 11 is 0. The number of carbonyl (C=O) groups excluding carboxylic acids is 1. The molecule has 0 spiro atoms. The van der Waals surface area contributed by atoms with E-state index in [9.17, 15) is 9.18 Å². The Balaban J connectivity index is 0.000000687. The number of Topliss-reactive ketones (excluding diaryl/α,β-unsaturated/α-hetero) is 1. The Kier molecular flexibility index (Phi) is 8.80. The lowest BCUT2D eigenvalue weighted by atomic mass is 9.88. The van der Waals surface area contributed by atoms with E-state index in [0.29, 0.717) is 11.5 Å². The molecule has 1 amide bonds. The lowest BCUT2D eigenvalue weighted by Gasteiger charge is -2.33. The number of likely N-dealkylation sites (tertiary alicyclic amines) is 1. The van der Waals surface area contributed by atoms with E-state index in [2.05, 4.69) is 47.9 Å². The van der Waals surface area contributed by atoms with E-state index in [-0.39, 0.29) is 17.5 Å². The van der Waals surface area contributed by atoms with Gasteiger partial charge in [-0.1, -0.05) is 37.3 Å². The van der Waals surface area contributed by atoms with Gasteiger partial charge in [-0.3, -0.25) is 4.79 Å². The zero-order chi connectivity index (χ0) is 21.2. The highest BCUT2D eigenvalue weighted by Gasteiger charge is 2.27. The van der Waals surface area contributed by atoms with Crippen molar-refractivity contribution in [3.63, 3.8) is 0 Å². The fourth-order valence-corrected chi connectivity index (χ4v) is 3.73. The molecule has 5 nitrogen and oxygen atoms in total. The number of hydrogen-bond acceptors (Lipinski definition) is 3. The number of primary amides is 1. The fraction of sp³-hybridized carbons (Fsp3) is 0.391. The van der Waals surface area contributed by atoms with E-state index >= 15 is 0 Å². The quantitative estimate of drug-likeness (QED) is 0.698. The summed E-state index contributed by atoms with van der Waals surface area (Å²) in [5.74, 6) is 0.483. The summed E-state index contributed by atoms with van der Waals surface area (Å²) < 4.78 is 13.0. The first kappa shape index (κ1) is 22.6. The van der Waals surface area contributed by atoms with Crippen LogP contribution in [0.4, 0.5) is 9.18 Å². The van der Waals surface area contributed by atoms with E-state index in [0.717, 1.165) is 38.9 Å². The maximum Gasteiger partial charge on any atom is 0.402 e. The van der Waals surface area contributed by atoms with Gasteiger partial charge in [0.1, 0.15) is 5.82 Å². The minimum atomic E-state index is -1.33. The van der Waals surface area contributed by atoms with E-state index in [1.165, 1.54) is 17.7 Å². The van der Waals surface area contributed by atoms with Crippen molar-refractivity contribution in [2.24, 2.45) is 11.7 Å². The molecule has 2 aromatic carbocycles. The molecule has 3 rings (SSSR count). The molecule has 0 saturated carbocycles. The molecule has 0 radical (unpaired) electrons. The molecule has 1 aliphatic rings. The highest BCUT2D eigenvalue weighted by atomic mass is 19.1. The number of benzene rings is 2. The lowest BCUT2D eigenvalue weighted by molar-refractivity contribution is 0.0834. The van der Waals surface area contributed by atoms with Crippen LogP contribution in [0.2, 0.25) is 0 Å². The zero-order valence-electron chi connectivity index (χ0n) is 16.8. The SMILES string of the molecule is CCC(CN1CCC(C(=O)c2ccc(F)cc2)CC1)c1ccccc1.NC(=O)O. The normalized spacial score (nSPS) is 15.8. The van der Waals surface area contributed by atoms with Crippen LogP contribution in [0.1, 0.15) is 48.0 Å². The second-order valence-corrected chi connectivity index (χ2v) is 7.30. The van der Waals surface area contributed by atoms with Gasteiger partial charge < -0.3 is 15.7 Å². The summed E-state index contributed by atoms with van der Waals surface area (Å²) in [7, 11) is 0. The van der Waals surface area contributed by atoms with Crippen LogP contribution in [0.25, 0.3) is 0 Å². The molecule has 1 aliphatic heterocycles. The molecule has 1 saturated heterocycles. The van der Waals surface area contributed by atoms with Crippen molar-refractivity contribution >= 4 is 11.9 Å². The molecule has 1 atom stereocenters. The molecule has 0 aliphatic carbocycles. The van der Waals surface area contributed by atoms with Crippen LogP contribution in [-0.4, -0.2) is 41.5 Å². The van der Waals surface area contributed by atoms with Crippen molar-refractivity contribution in [2.45, 2.75) is 32.1 Å². The van der Waals surface area contributed by atoms with Gasteiger partial charge in [-0.25, -0.2) is 9.18 Å². The van der Waals surface area contributed by atoms with Crippen molar-refractivity contribution in [3.05, 3.63) is 71.5 Å². The van der Waals surface area contributed by atoms with Gasteiger partial charge in [0.15, 0.2) is 5.78 Å². The van der Waals surface area contributed by atoms with Gasteiger partial charge in [0.25, 0.3) is 0 Å². The molecule has 1 unspecified atom stereocenters. The summed E-state index contributed by atoms with van der Waals surface area (Å²) in [4.78, 5) is 23.8. The van der Waals surface area contributed by atoms with E-state index in [1.807, 2.05) is 0 Å². The minimum Gasteiger partial charge on any atom is -0.465 e. The minimum absolute atomic E-state index is 0.0681. The standard InChI is InChI=1S/C22H26FNO.CH3NO2/c1-2-17(18-6-4-3-5-7-18)16-24-14-12-20(13-15-24)22(25)19-8-10-21(23)11-9-19;2-1(3)4/h3-11,17,20H,2,12-16H2,1H3;2H2,(H,3,4). The summed E-state index contributed by atoms with van der Waals surface area (Å²) in [6.45, 7) is 5.21. The second kappa shape index (κ2) is 11.3. The number of piperidine rings is 1. The average Bonchev–Trinajstić information content (AvgIpc) is 2.73. The molecule has 1 fully saturated rings. The van der Waals surface area contributed by atoms with Crippen LogP contribution < -0.4 is 5.73 Å². The Morgan fingerprint density at radius 3 is 2.17 bits per heavy atom. The number of halogens is 1. The highest BCUT2D eigenvalue weighted by Crippen LogP contribution is 2.26. The third-order valence-electron chi connectivity index (χ3n) is 5.33. The third-order valence-corrected chi connectivity index (χ3v) is 5.33. The number of carbonyl (C=O) groups is 2. The van der Waals surface area contributed by atoms with Crippen LogP contribution in [0, 0.1) is 11.7 Å². The molecule has 1 heterocycles. The number of hydrogen-bond donors (Lipinski definition) is 2.